The molecular formula is C13H27N3Zr. The van der Waals surface area contributed by atoms with Crippen LogP contribution in [-0.2, 0) is 21.1 Å². The van der Waals surface area contributed by atoms with Crippen molar-refractivity contribution < 1.29 is 21.1 Å². The van der Waals surface area contributed by atoms with E-state index in [9.17, 15) is 0 Å². The van der Waals surface area contributed by atoms with Crippen LogP contribution in [0.25, 0.3) is 0 Å². The van der Waals surface area contributed by atoms with Gasteiger partial charge in [0.1, 0.15) is 0 Å². The van der Waals surface area contributed by atoms with Crippen molar-refractivity contribution in [1.82, 2.24) is 9.78 Å². The van der Waals surface area contributed by atoms with Crippen LogP contribution in [0.5, 0.6) is 0 Å². The molecule has 1 rings (SSSR count). The van der Waals surface area contributed by atoms with Gasteiger partial charge in [0.2, 0.25) is 0 Å². The third-order valence-corrected chi connectivity index (χ3v) is 15.1. The molecule has 0 bridgehead atoms. The van der Waals surface area contributed by atoms with Crippen LogP contribution in [0.4, 0.5) is 0 Å². The van der Waals surface area contributed by atoms with Gasteiger partial charge in [-0.05, 0) is 0 Å². The second-order valence-corrected chi connectivity index (χ2v) is 13.0. The van der Waals surface area contributed by atoms with Gasteiger partial charge in [-0.25, -0.2) is 0 Å². The van der Waals surface area contributed by atoms with Crippen LogP contribution in [0, 0.1) is 0 Å². The van der Waals surface area contributed by atoms with E-state index >= 15 is 0 Å². The fourth-order valence-corrected chi connectivity index (χ4v) is 13.0. The zero-order valence-corrected chi connectivity index (χ0v) is 14.1. The van der Waals surface area contributed by atoms with Crippen molar-refractivity contribution in [3.63, 3.8) is 0 Å². The molecule has 0 aliphatic heterocycles. The molecule has 0 heterocycles. The van der Waals surface area contributed by atoms with Crippen LogP contribution < -0.4 is 9.78 Å². The summed E-state index contributed by atoms with van der Waals surface area (Å²) in [6.45, 7) is 12.0. The van der Waals surface area contributed by atoms with Crippen molar-refractivity contribution >= 4 is 0 Å². The Bertz CT molecular complexity index is 257. The Morgan fingerprint density at radius 1 is 0.824 bits per heavy atom. The second-order valence-electron chi connectivity index (χ2n) is 4.45. The summed E-state index contributed by atoms with van der Waals surface area (Å²) >= 11 is -2.80. The summed E-state index contributed by atoms with van der Waals surface area (Å²) in [6, 6.07) is 0. The summed E-state index contributed by atoms with van der Waals surface area (Å²) in [4.78, 5) is 0. The molecule has 0 saturated heterocycles. The minimum atomic E-state index is -2.80. The minimum absolute atomic E-state index is 0.219. The molecule has 3 N–H and O–H groups in total. The van der Waals surface area contributed by atoms with Crippen molar-refractivity contribution in [2.45, 2.75) is 37.2 Å². The molecule has 0 saturated carbocycles. The molecule has 0 atom stereocenters. The first-order valence-corrected chi connectivity index (χ1v) is 11.7. The van der Waals surface area contributed by atoms with Crippen LogP contribution >= 0.6 is 0 Å². The van der Waals surface area contributed by atoms with Crippen LogP contribution in [-0.4, -0.2) is 19.6 Å². The van der Waals surface area contributed by atoms with E-state index in [1.165, 1.54) is 0 Å². The van der Waals surface area contributed by atoms with Gasteiger partial charge in [-0.2, -0.15) is 0 Å². The molecular weight excluding hydrogens is 289 g/mol. The first-order chi connectivity index (χ1) is 8.20. The van der Waals surface area contributed by atoms with Gasteiger partial charge >= 0.3 is 112 Å². The average Bonchev–Trinajstić information content (AvgIpc) is 2.80. The Morgan fingerprint density at radius 3 is 1.53 bits per heavy atom. The number of nitrogens with one attached hydrogen (secondary N) is 3. The molecule has 1 aliphatic rings. The Kier molecular flexibility index (Phi) is 6.29. The third kappa shape index (κ3) is 2.98. The van der Waals surface area contributed by atoms with Crippen LogP contribution in [0.15, 0.2) is 24.3 Å². The van der Waals surface area contributed by atoms with Crippen LogP contribution in [0.3, 0.4) is 0 Å². The first kappa shape index (κ1) is 15.3. The van der Waals surface area contributed by atoms with Gasteiger partial charge in [-0.1, -0.05) is 0 Å². The summed E-state index contributed by atoms with van der Waals surface area (Å²) in [5.41, 5.74) is 0. The molecule has 0 unspecified atom stereocenters. The zero-order valence-electron chi connectivity index (χ0n) is 11.6. The van der Waals surface area contributed by atoms with Crippen molar-refractivity contribution in [3.05, 3.63) is 24.3 Å². The average molecular weight is 317 g/mol. The van der Waals surface area contributed by atoms with Crippen LogP contribution in [0.2, 0.25) is 3.12 Å². The topological polar surface area (TPSA) is 36.1 Å². The zero-order chi connectivity index (χ0) is 12.8. The SMILES string of the molecule is CC[NH][Zr]([NH]CC)([NH]CC)[C]1(CC)C=CC=C1. The number of hydrogen-bond acceptors (Lipinski definition) is 3. The monoisotopic (exact) mass is 315 g/mol. The van der Waals surface area contributed by atoms with Crippen molar-refractivity contribution in [3.8, 4) is 0 Å². The van der Waals surface area contributed by atoms with E-state index in [0.717, 1.165) is 26.1 Å². The van der Waals surface area contributed by atoms with Crippen molar-refractivity contribution in [2.24, 2.45) is 0 Å². The molecule has 0 radical (unpaired) electrons. The molecule has 0 amide bonds. The van der Waals surface area contributed by atoms with Gasteiger partial charge in [0.05, 0.1) is 0 Å². The molecule has 3 nitrogen and oxygen atoms in total. The molecule has 17 heavy (non-hydrogen) atoms. The van der Waals surface area contributed by atoms with E-state index in [1.54, 1.807) is 0 Å². The quantitative estimate of drug-likeness (QED) is 0.643. The molecule has 0 aromatic heterocycles. The fourth-order valence-electron chi connectivity index (χ4n) is 2.74. The van der Waals surface area contributed by atoms with Gasteiger partial charge in [0, 0.05) is 0 Å². The predicted octanol–water partition coefficient (Wildman–Crippen LogP) is 2.41. The normalized spacial score (nSPS) is 17.9. The number of rotatable bonds is 8. The third-order valence-electron chi connectivity index (χ3n) is 3.51. The molecule has 4 heteroatoms. The molecule has 0 spiro atoms. The summed E-state index contributed by atoms with van der Waals surface area (Å²) in [6.07, 6.45) is 10.3. The van der Waals surface area contributed by atoms with E-state index in [2.05, 4.69) is 61.8 Å². The van der Waals surface area contributed by atoms with Gasteiger partial charge in [0.25, 0.3) is 0 Å². The van der Waals surface area contributed by atoms with Gasteiger partial charge < -0.3 is 0 Å². The Labute approximate surface area is 112 Å². The molecule has 0 aromatic rings. The van der Waals surface area contributed by atoms with E-state index < -0.39 is 21.1 Å². The van der Waals surface area contributed by atoms with E-state index in [1.807, 2.05) is 0 Å². The number of allylic oxidation sites excluding steroid dienone is 4. The fraction of sp³-hybridized carbons (Fsp3) is 0.692. The maximum absolute atomic E-state index is 3.82. The van der Waals surface area contributed by atoms with E-state index in [4.69, 9.17) is 0 Å². The summed E-state index contributed by atoms with van der Waals surface area (Å²) < 4.78 is 11.7. The Morgan fingerprint density at radius 2 is 1.24 bits per heavy atom. The van der Waals surface area contributed by atoms with Gasteiger partial charge in [0.15, 0.2) is 0 Å². The molecule has 0 aromatic carbocycles. The van der Waals surface area contributed by atoms with Crippen LogP contribution in [0.1, 0.15) is 34.1 Å². The second kappa shape index (κ2) is 6.99. The maximum atomic E-state index is 3.82. The first-order valence-electron chi connectivity index (χ1n) is 6.82. The predicted molar refractivity (Wildman–Crippen MR) is 72.3 cm³/mol. The molecule has 98 valence electrons. The van der Waals surface area contributed by atoms with Crippen molar-refractivity contribution in [2.75, 3.05) is 19.6 Å². The summed E-state index contributed by atoms with van der Waals surface area (Å²) in [5.74, 6) is 0. The Balaban J connectivity index is 3.08. The summed E-state index contributed by atoms with van der Waals surface area (Å²) in [5, 5.41) is 0. The number of hydrogen-bond donors (Lipinski definition) is 3. The standard InChI is InChI=1S/C7H9.3C2H6N.Zr/c1-2-7-5-3-4-6-7;3*1-2-3;/h3-6H,2H2,1H3;3*3H,2H2,1H3;/q;3*-1;+3. The Hall–Kier alpha value is 0.243. The molecule has 1 aliphatic carbocycles. The van der Waals surface area contributed by atoms with Crippen molar-refractivity contribution in [1.29, 1.82) is 0 Å². The van der Waals surface area contributed by atoms with E-state index in [-0.39, 0.29) is 3.12 Å². The van der Waals surface area contributed by atoms with Gasteiger partial charge in [-0.3, -0.25) is 0 Å². The summed E-state index contributed by atoms with van der Waals surface area (Å²) in [7, 11) is 0. The molecule has 0 fully saturated rings. The van der Waals surface area contributed by atoms with E-state index in [0.29, 0.717) is 0 Å². The van der Waals surface area contributed by atoms with Gasteiger partial charge in [-0.15, -0.1) is 0 Å².